The molecule has 2 spiro atoms. The average Bonchev–Trinajstić information content (AvgIpc) is 1.38. The number of likely N-dealkylation sites (tertiary alicyclic amines) is 1. The van der Waals surface area contributed by atoms with Crippen molar-refractivity contribution in [2.45, 2.75) is 94.9 Å². The Hall–Kier alpha value is -14.5. The van der Waals surface area contributed by atoms with Crippen LogP contribution < -0.4 is 0 Å². The van der Waals surface area contributed by atoms with Gasteiger partial charge in [0, 0.05) is 89.9 Å². The molecule has 5 nitrogen and oxygen atoms in total. The SMILES string of the molecule is CCCCCCc1cc(-c2c3nc(c(-c4ccccc4)c4ccc([nH]4)c(-c4ccccc4)c4nc(c(-c5ccccc5)c5ccc2[nH]5)C=C4)C=C3)sc1-c1ccc(-c2ccc(-c3sc(C4N(C)CC56c7c8c9c%10c%11c%12c(c%13c%14c5c5c7c7c%15c8c8c9c9c%11c%11c%16c%12c%12c%13c%13c%14c%14c5c5c7c7c%15c%15c8c8c9c%11c9c%11c%16c%12c%12c%13c%13c%14c5c5c7c7c%15c8c9c8c%11c%12c%13c5c78)C%1046)cc3CCCCCC)s2)s1. The first-order valence-electron chi connectivity index (χ1n) is 50.7. The van der Waals surface area contributed by atoms with Crippen LogP contribution >= 0.6 is 45.3 Å². The van der Waals surface area contributed by atoms with E-state index in [9.17, 15) is 0 Å². The van der Waals surface area contributed by atoms with E-state index in [0.717, 1.165) is 110 Å². The molecule has 0 radical (unpaired) electrons. The predicted molar refractivity (Wildman–Crippen MR) is 593 cm³/mol. The second-order valence-corrected chi connectivity index (χ2v) is 48.6. The molecule has 1 atom stereocenters. The van der Waals surface area contributed by atoms with Crippen LogP contribution in [0.3, 0.4) is 0 Å². The number of aromatic amines is 2. The number of rotatable bonds is 18. The van der Waals surface area contributed by atoms with Gasteiger partial charge in [-0.05, 0) is 459 Å². The minimum atomic E-state index is -0.432. The summed E-state index contributed by atoms with van der Waals surface area (Å²) in [5.74, 6) is 0. The van der Waals surface area contributed by atoms with Gasteiger partial charge in [0.1, 0.15) is 0 Å². The lowest BCUT2D eigenvalue weighted by Crippen LogP contribution is -2.51. The molecular weight excluding hydrogens is 1750 g/mol. The fourth-order valence-corrected chi connectivity index (χ4v) is 41.4. The molecule has 9 heteroatoms. The van der Waals surface area contributed by atoms with E-state index in [2.05, 4.69) is 234 Å². The molecule has 628 valence electrons. The van der Waals surface area contributed by atoms with E-state index < -0.39 is 5.41 Å². The lowest BCUT2D eigenvalue weighted by Gasteiger charge is -2.52. The van der Waals surface area contributed by atoms with E-state index in [1.165, 1.54) is 84.6 Å². The first-order valence-corrected chi connectivity index (χ1v) is 54.0. The molecule has 38 aromatic rings. The van der Waals surface area contributed by atoms with Crippen molar-refractivity contribution in [3.63, 3.8) is 0 Å². The number of hydrogen-bond donors (Lipinski definition) is 2. The Morgan fingerprint density at radius 3 is 0.870 bits per heavy atom. The van der Waals surface area contributed by atoms with Crippen LogP contribution in [-0.2, 0) is 23.7 Å². The molecule has 0 amide bonds. The number of nitrogens with one attached hydrogen (secondary N) is 2. The summed E-state index contributed by atoms with van der Waals surface area (Å²) in [5.41, 5.74) is 24.6. The van der Waals surface area contributed by atoms with Gasteiger partial charge in [-0.3, -0.25) is 4.90 Å². The zero-order valence-electron chi connectivity index (χ0n) is 74.6. The topological polar surface area (TPSA) is 60.6 Å². The number of nitrogens with zero attached hydrogens (tertiary/aromatic N) is 3. The van der Waals surface area contributed by atoms with Crippen molar-refractivity contribution in [1.29, 1.82) is 0 Å². The number of unbranched alkanes of at least 4 members (excludes halogenated alkanes) is 6. The summed E-state index contributed by atoms with van der Waals surface area (Å²) in [6.45, 7) is 5.74. The van der Waals surface area contributed by atoms with Gasteiger partial charge in [0.2, 0.25) is 0 Å². The van der Waals surface area contributed by atoms with Crippen LogP contribution in [0, 0.1) is 0 Å². The molecule has 1 unspecified atom stereocenters. The van der Waals surface area contributed by atoms with Crippen molar-refractivity contribution in [3.8, 4) is 73.1 Å². The number of H-pyrrole nitrogens is 2. The van der Waals surface area contributed by atoms with Gasteiger partial charge in [-0.1, -0.05) is 143 Å². The van der Waals surface area contributed by atoms with Gasteiger partial charge in [0.05, 0.1) is 39.6 Å². The first kappa shape index (κ1) is 66.8. The molecular formula is C129H63N5S4. The maximum atomic E-state index is 5.85. The van der Waals surface area contributed by atoms with Crippen molar-refractivity contribution in [2.24, 2.45) is 0 Å². The van der Waals surface area contributed by atoms with Gasteiger partial charge in [0.25, 0.3) is 0 Å². The molecule has 4 aliphatic carbocycles. The lowest BCUT2D eigenvalue weighted by molar-refractivity contribution is 0.276. The summed E-state index contributed by atoms with van der Waals surface area (Å²) >= 11 is 8.26. The smallest absolute Gasteiger partial charge is 0.0745 e. The van der Waals surface area contributed by atoms with E-state index in [1.807, 2.05) is 22.7 Å². The molecule has 7 aromatic heterocycles. The van der Waals surface area contributed by atoms with Crippen molar-refractivity contribution >= 4 is 383 Å². The minimum absolute atomic E-state index is 0.0725. The molecule has 3 aliphatic heterocycles. The van der Waals surface area contributed by atoms with Gasteiger partial charge < -0.3 is 9.97 Å². The zero-order chi connectivity index (χ0) is 87.0. The Morgan fingerprint density at radius 2 is 0.551 bits per heavy atom. The number of aryl methyl sites for hydroxylation is 2. The van der Waals surface area contributed by atoms with E-state index in [4.69, 9.17) is 9.97 Å². The highest BCUT2D eigenvalue weighted by Gasteiger charge is 2.76. The second kappa shape index (κ2) is 20.0. The molecule has 8 bridgehead atoms. The molecule has 138 heavy (non-hydrogen) atoms. The van der Waals surface area contributed by atoms with E-state index in [0.29, 0.717) is 0 Å². The van der Waals surface area contributed by atoms with Crippen LogP contribution in [0.15, 0.2) is 152 Å². The Bertz CT molecular complexity index is 12000. The lowest BCUT2D eigenvalue weighted by atomic mass is 9.48. The second-order valence-electron chi connectivity index (χ2n) is 44.3. The largest absolute Gasteiger partial charge is 0.354 e. The highest BCUT2D eigenvalue weighted by atomic mass is 32.1. The number of benzene rings is 21. The molecule has 45 rings (SSSR count). The first-order chi connectivity index (χ1) is 68.4. The Labute approximate surface area is 795 Å². The third kappa shape index (κ3) is 5.80. The number of fused-ring (bicyclic) bond motifs is 8. The van der Waals surface area contributed by atoms with Gasteiger partial charge >= 0.3 is 0 Å². The minimum Gasteiger partial charge on any atom is -0.354 e. The van der Waals surface area contributed by atoms with Crippen molar-refractivity contribution in [3.05, 3.63) is 213 Å². The fourth-order valence-electron chi connectivity index (χ4n) is 36.3. The van der Waals surface area contributed by atoms with E-state index >= 15 is 0 Å². The van der Waals surface area contributed by atoms with E-state index in [-0.39, 0.29) is 11.5 Å². The van der Waals surface area contributed by atoms with Crippen LogP contribution in [0.4, 0.5) is 0 Å². The Balaban J connectivity index is 0.522. The average molecular weight is 1810 g/mol. The Kier molecular flexibility index (Phi) is 9.70. The van der Waals surface area contributed by atoms with E-state index in [1.54, 1.807) is 324 Å². The zero-order valence-corrected chi connectivity index (χ0v) is 77.8. The summed E-state index contributed by atoms with van der Waals surface area (Å²) in [7, 11) is 2.67. The third-order valence-electron chi connectivity index (χ3n) is 39.5. The fraction of sp³-hybridized carbons (Fsp3) is 0.132. The molecule has 7 aliphatic rings. The molecule has 10 heterocycles. The molecule has 31 aromatic carbocycles. The highest BCUT2D eigenvalue weighted by Crippen LogP contribution is 2.88. The Morgan fingerprint density at radius 1 is 0.275 bits per heavy atom. The summed E-state index contributed by atoms with van der Waals surface area (Å²) in [6.07, 6.45) is 20.7. The summed E-state index contributed by atoms with van der Waals surface area (Å²) in [5, 5.41) is 90.0. The van der Waals surface area contributed by atoms with Gasteiger partial charge in [-0.2, -0.15) is 0 Å². The van der Waals surface area contributed by atoms with Crippen molar-refractivity contribution in [2.75, 3.05) is 13.6 Å². The van der Waals surface area contributed by atoms with Crippen molar-refractivity contribution < 1.29 is 0 Å². The summed E-state index contributed by atoms with van der Waals surface area (Å²) in [4.78, 5) is 33.8. The number of likely N-dealkylation sites (N-methyl/N-ethyl adjacent to an activating group) is 1. The molecule has 0 saturated carbocycles. The summed E-state index contributed by atoms with van der Waals surface area (Å²) in [6, 6.07) is 57.1. The monoisotopic (exact) mass is 1810 g/mol. The maximum absolute atomic E-state index is 5.85. The number of hydrogen-bond acceptors (Lipinski definition) is 7. The van der Waals surface area contributed by atoms with Crippen molar-refractivity contribution in [1.82, 2.24) is 24.8 Å². The number of thiophene rings is 4. The van der Waals surface area contributed by atoms with Crippen LogP contribution in [-0.4, -0.2) is 38.4 Å². The van der Waals surface area contributed by atoms with Crippen LogP contribution in [0.25, 0.3) is 410 Å². The number of aromatic nitrogens is 4. The standard InChI is InChI=1S/C129H63N5S4/c1-4-6-8-13-27-47-41-61(66-55-35-33-53(132-55)64(45-23-17-11-18-24-45)51-31-29-49(130-51)63(44-21-15-10-16-22-44)50-30-32-52(131-50)65(46-25-19-12-20-26-46)54-34-36-56(66)133-54)137-125(47)59-39-37-57(135-59)58-38-40-60(136-58)126-48(28-14-9-7-5-2)42-62(138-126)127-129-123-117-111-101-89-81-73-69-67-68-71-75(73)83(89)93-87-79(71)80-72(68)76-74-70(67)78-77(69)85-91(81)99-105-95(85)96-86(78)92-82(74)90-84(76)94-88(80)98-97(87)109(103(93)111)119(123)120-110(98)104(94)112-102(90)108-100(92)106(96)114-113(105)121(115(117)107(99)101)128(129,43-134(127)3)122(114)116(108)118(112)124(120)129/h10-12,15-26,29-42,127,130,133H,4-9,13-14,27-28,43H2,1-3H3. The van der Waals surface area contributed by atoms with Crippen LogP contribution in [0.1, 0.15) is 132 Å². The third-order valence-corrected chi connectivity index (χ3v) is 44.6. The normalized spacial score (nSPS) is 18.3. The van der Waals surface area contributed by atoms with Gasteiger partial charge in [0.15, 0.2) is 0 Å². The quantitative estimate of drug-likeness (QED) is 0.0665. The molecule has 1 fully saturated rings. The predicted octanol–water partition coefficient (Wildman–Crippen LogP) is 37.1. The van der Waals surface area contributed by atoms with Gasteiger partial charge in [-0.15, -0.1) is 45.3 Å². The maximum Gasteiger partial charge on any atom is 0.0745 e. The van der Waals surface area contributed by atoms with Gasteiger partial charge in [-0.25, -0.2) is 9.97 Å². The van der Waals surface area contributed by atoms with Crippen LogP contribution in [0.2, 0.25) is 0 Å². The molecule has 2 N–H and O–H groups in total. The molecule has 1 saturated heterocycles. The highest BCUT2D eigenvalue weighted by molar-refractivity contribution is 7.29. The summed E-state index contributed by atoms with van der Waals surface area (Å²) < 4.78 is 0. The van der Waals surface area contributed by atoms with Crippen LogP contribution in [0.5, 0.6) is 0 Å².